The summed E-state index contributed by atoms with van der Waals surface area (Å²) in [5.41, 5.74) is 5.69. The van der Waals surface area contributed by atoms with E-state index in [1.807, 2.05) is 0 Å². The summed E-state index contributed by atoms with van der Waals surface area (Å²) in [4.78, 5) is 15.9. The van der Waals surface area contributed by atoms with Gasteiger partial charge in [-0.2, -0.15) is 0 Å². The minimum atomic E-state index is 0.112. The van der Waals surface area contributed by atoms with Gasteiger partial charge >= 0.3 is 0 Å². The summed E-state index contributed by atoms with van der Waals surface area (Å²) >= 11 is 0. The van der Waals surface area contributed by atoms with Crippen LogP contribution in [-0.2, 0) is 4.79 Å². The largest absolute Gasteiger partial charge is 0.370 e. The zero-order valence-electron chi connectivity index (χ0n) is 12.1. The number of rotatable bonds is 7. The number of aliphatic imine (C=N–C) groups is 1. The number of nitrogens with two attached hydrogens (primary N) is 1. The van der Waals surface area contributed by atoms with E-state index < -0.39 is 0 Å². The lowest BCUT2D eigenvalue weighted by atomic mass is 9.95. The number of unbranched alkanes of at least 4 members (excludes halogenated alkanes) is 1. The van der Waals surface area contributed by atoms with Crippen molar-refractivity contribution in [2.24, 2.45) is 10.7 Å². The van der Waals surface area contributed by atoms with Crippen LogP contribution in [0.2, 0.25) is 0 Å². The van der Waals surface area contributed by atoms with Crippen LogP contribution in [0.4, 0.5) is 0 Å². The minimum absolute atomic E-state index is 0.112. The molecule has 0 unspecified atom stereocenters. The zero-order chi connectivity index (χ0) is 13.9. The fraction of sp³-hybridized carbons (Fsp3) is 0.857. The SMILES string of the molecule is CCCCN=C(N)NCCC(=O)NC1CCCCC1. The summed E-state index contributed by atoms with van der Waals surface area (Å²) in [5.74, 6) is 0.555. The maximum atomic E-state index is 11.7. The Kier molecular flexibility index (Phi) is 8.02. The van der Waals surface area contributed by atoms with Crippen molar-refractivity contribution in [2.75, 3.05) is 13.1 Å². The highest BCUT2D eigenvalue weighted by molar-refractivity contribution is 5.80. The molecule has 0 atom stereocenters. The molecule has 0 radical (unpaired) electrons. The van der Waals surface area contributed by atoms with Gasteiger partial charge in [0, 0.05) is 25.6 Å². The van der Waals surface area contributed by atoms with Gasteiger partial charge in [0.05, 0.1) is 0 Å². The molecule has 19 heavy (non-hydrogen) atoms. The van der Waals surface area contributed by atoms with E-state index in [-0.39, 0.29) is 5.91 Å². The molecule has 0 aromatic rings. The van der Waals surface area contributed by atoms with E-state index in [0.29, 0.717) is 25.0 Å². The van der Waals surface area contributed by atoms with E-state index in [0.717, 1.165) is 32.2 Å². The van der Waals surface area contributed by atoms with Gasteiger partial charge < -0.3 is 16.4 Å². The number of nitrogens with one attached hydrogen (secondary N) is 2. The van der Waals surface area contributed by atoms with Crippen molar-refractivity contribution in [1.29, 1.82) is 0 Å². The third kappa shape index (κ3) is 7.70. The van der Waals surface area contributed by atoms with Crippen molar-refractivity contribution < 1.29 is 4.79 Å². The topological polar surface area (TPSA) is 79.5 Å². The van der Waals surface area contributed by atoms with Crippen molar-refractivity contribution in [2.45, 2.75) is 64.3 Å². The molecular formula is C14H28N4O. The summed E-state index contributed by atoms with van der Waals surface area (Å²) in [6.07, 6.45) is 8.64. The van der Waals surface area contributed by atoms with E-state index in [1.165, 1.54) is 19.3 Å². The van der Waals surface area contributed by atoms with E-state index in [9.17, 15) is 4.79 Å². The fourth-order valence-electron chi connectivity index (χ4n) is 2.26. The standard InChI is InChI=1S/C14H28N4O/c1-2-3-10-16-14(15)17-11-9-13(19)18-12-7-5-4-6-8-12/h12H,2-11H2,1H3,(H,18,19)(H3,15,16,17). The van der Waals surface area contributed by atoms with E-state index in [1.54, 1.807) is 0 Å². The predicted molar refractivity (Wildman–Crippen MR) is 79.0 cm³/mol. The average molecular weight is 268 g/mol. The van der Waals surface area contributed by atoms with Gasteiger partial charge in [-0.3, -0.25) is 9.79 Å². The maximum absolute atomic E-state index is 11.7. The Labute approximate surface area is 116 Å². The molecule has 1 rings (SSSR count). The molecule has 0 saturated heterocycles. The molecule has 110 valence electrons. The van der Waals surface area contributed by atoms with Gasteiger partial charge in [0.15, 0.2) is 5.96 Å². The van der Waals surface area contributed by atoms with Gasteiger partial charge in [0.1, 0.15) is 0 Å². The van der Waals surface area contributed by atoms with Gasteiger partial charge in [0.25, 0.3) is 0 Å². The number of carbonyl (C=O) groups is 1. The van der Waals surface area contributed by atoms with Gasteiger partial charge in [-0.15, -0.1) is 0 Å². The first kappa shape index (κ1) is 15.8. The molecule has 1 saturated carbocycles. The molecule has 5 heteroatoms. The lowest BCUT2D eigenvalue weighted by Gasteiger charge is -2.22. The Balaban J connectivity index is 2.07. The Bertz CT molecular complexity index is 285. The lowest BCUT2D eigenvalue weighted by Crippen LogP contribution is -2.39. The molecular weight excluding hydrogens is 240 g/mol. The first-order chi connectivity index (χ1) is 9.22. The third-order valence-electron chi connectivity index (χ3n) is 3.42. The molecule has 0 aromatic heterocycles. The van der Waals surface area contributed by atoms with E-state index in [4.69, 9.17) is 5.73 Å². The molecule has 1 aliphatic carbocycles. The summed E-state index contributed by atoms with van der Waals surface area (Å²) in [6, 6.07) is 0.386. The van der Waals surface area contributed by atoms with Gasteiger partial charge in [-0.05, 0) is 19.3 Å². The van der Waals surface area contributed by atoms with Crippen LogP contribution in [0.1, 0.15) is 58.3 Å². The number of guanidine groups is 1. The molecule has 0 aliphatic heterocycles. The van der Waals surface area contributed by atoms with Gasteiger partial charge in [-0.1, -0.05) is 32.6 Å². The van der Waals surface area contributed by atoms with Crippen LogP contribution in [-0.4, -0.2) is 31.0 Å². The van der Waals surface area contributed by atoms with Crippen molar-refractivity contribution in [1.82, 2.24) is 10.6 Å². The molecule has 0 aromatic carbocycles. The average Bonchev–Trinajstić information content (AvgIpc) is 2.40. The number of hydrogen-bond acceptors (Lipinski definition) is 2. The highest BCUT2D eigenvalue weighted by Gasteiger charge is 2.15. The Morgan fingerprint density at radius 1 is 1.32 bits per heavy atom. The van der Waals surface area contributed by atoms with Crippen molar-refractivity contribution >= 4 is 11.9 Å². The fourth-order valence-corrected chi connectivity index (χ4v) is 2.26. The van der Waals surface area contributed by atoms with Gasteiger partial charge in [-0.25, -0.2) is 0 Å². The van der Waals surface area contributed by atoms with Gasteiger partial charge in [0.2, 0.25) is 5.91 Å². The van der Waals surface area contributed by atoms with E-state index >= 15 is 0 Å². The van der Waals surface area contributed by atoms with Crippen LogP contribution in [0.15, 0.2) is 4.99 Å². The van der Waals surface area contributed by atoms with Crippen LogP contribution in [0, 0.1) is 0 Å². The molecule has 1 fully saturated rings. The molecule has 0 bridgehead atoms. The second-order valence-electron chi connectivity index (χ2n) is 5.20. The lowest BCUT2D eigenvalue weighted by molar-refractivity contribution is -0.121. The first-order valence-electron chi connectivity index (χ1n) is 7.55. The molecule has 4 N–H and O–H groups in total. The third-order valence-corrected chi connectivity index (χ3v) is 3.42. The van der Waals surface area contributed by atoms with Crippen LogP contribution in [0.5, 0.6) is 0 Å². The number of carbonyl (C=O) groups excluding carboxylic acids is 1. The number of nitrogens with zero attached hydrogens (tertiary/aromatic N) is 1. The number of amides is 1. The summed E-state index contributed by atoms with van der Waals surface area (Å²) in [7, 11) is 0. The minimum Gasteiger partial charge on any atom is -0.370 e. The number of hydrogen-bond donors (Lipinski definition) is 3. The monoisotopic (exact) mass is 268 g/mol. The Hall–Kier alpha value is -1.26. The molecule has 1 amide bonds. The van der Waals surface area contributed by atoms with Crippen LogP contribution in [0.25, 0.3) is 0 Å². The normalized spacial score (nSPS) is 17.2. The van der Waals surface area contributed by atoms with Crippen molar-refractivity contribution in [3.63, 3.8) is 0 Å². The van der Waals surface area contributed by atoms with Crippen molar-refractivity contribution in [3.05, 3.63) is 0 Å². The first-order valence-corrected chi connectivity index (χ1v) is 7.55. The van der Waals surface area contributed by atoms with E-state index in [2.05, 4.69) is 22.5 Å². The maximum Gasteiger partial charge on any atom is 0.221 e. The second-order valence-corrected chi connectivity index (χ2v) is 5.20. The molecule has 5 nitrogen and oxygen atoms in total. The molecule has 1 aliphatic rings. The zero-order valence-corrected chi connectivity index (χ0v) is 12.1. The highest BCUT2D eigenvalue weighted by Crippen LogP contribution is 2.17. The Morgan fingerprint density at radius 2 is 2.05 bits per heavy atom. The van der Waals surface area contributed by atoms with Crippen LogP contribution in [0.3, 0.4) is 0 Å². The summed E-state index contributed by atoms with van der Waals surface area (Å²) < 4.78 is 0. The smallest absolute Gasteiger partial charge is 0.221 e. The highest BCUT2D eigenvalue weighted by atomic mass is 16.1. The summed E-state index contributed by atoms with van der Waals surface area (Å²) in [6.45, 7) is 3.43. The molecule has 0 spiro atoms. The summed E-state index contributed by atoms with van der Waals surface area (Å²) in [5, 5.41) is 6.06. The predicted octanol–water partition coefficient (Wildman–Crippen LogP) is 1.53. The quantitative estimate of drug-likeness (QED) is 0.372. The molecule has 0 heterocycles. The van der Waals surface area contributed by atoms with Crippen molar-refractivity contribution in [3.8, 4) is 0 Å². The Morgan fingerprint density at radius 3 is 2.74 bits per heavy atom. The van der Waals surface area contributed by atoms with Crippen LogP contribution >= 0.6 is 0 Å². The van der Waals surface area contributed by atoms with Crippen LogP contribution < -0.4 is 16.4 Å². The second kappa shape index (κ2) is 9.64.